The first kappa shape index (κ1) is 15.0. The molecule has 1 aromatic heterocycles. The van der Waals surface area contributed by atoms with E-state index in [9.17, 15) is 4.79 Å². The van der Waals surface area contributed by atoms with Gasteiger partial charge in [0.1, 0.15) is 15.6 Å². The normalized spacial score (nSPS) is 14.4. The average molecular weight is 297 g/mol. The van der Waals surface area contributed by atoms with Crippen molar-refractivity contribution < 1.29 is 9.53 Å². The van der Waals surface area contributed by atoms with Crippen molar-refractivity contribution in [2.75, 3.05) is 31.7 Å². The fraction of sp³-hybridized carbons (Fsp3) is 0.643. The fourth-order valence-corrected chi connectivity index (χ4v) is 2.90. The van der Waals surface area contributed by atoms with Crippen molar-refractivity contribution in [2.45, 2.75) is 32.8 Å². The Bertz CT molecular complexity index is 493. The van der Waals surface area contributed by atoms with Crippen LogP contribution in [0.3, 0.4) is 0 Å². The Morgan fingerprint density at radius 1 is 1.50 bits per heavy atom. The monoisotopic (exact) mass is 297 g/mol. The maximum absolute atomic E-state index is 12.1. The molecule has 5 nitrogen and oxygen atoms in total. The van der Waals surface area contributed by atoms with Crippen molar-refractivity contribution in [3.8, 4) is 5.75 Å². The fourth-order valence-electron chi connectivity index (χ4n) is 1.82. The van der Waals surface area contributed by atoms with Gasteiger partial charge in [-0.2, -0.15) is 0 Å². The molecular weight excluding hydrogens is 274 g/mol. The van der Waals surface area contributed by atoms with E-state index < -0.39 is 0 Å². The number of hydrogen-bond donors (Lipinski definition) is 2. The summed E-state index contributed by atoms with van der Waals surface area (Å²) >= 11 is 1.38. The van der Waals surface area contributed by atoms with E-state index in [2.05, 4.69) is 5.32 Å². The van der Waals surface area contributed by atoms with Gasteiger partial charge in [0.25, 0.3) is 5.91 Å². The first-order valence-electron chi connectivity index (χ1n) is 6.94. The number of nitrogens with one attached hydrogen (secondary N) is 1. The van der Waals surface area contributed by atoms with Crippen LogP contribution in [-0.2, 0) is 0 Å². The van der Waals surface area contributed by atoms with E-state index in [4.69, 9.17) is 10.5 Å². The number of anilines is 2. The molecule has 0 atom stereocenters. The maximum Gasteiger partial charge on any atom is 0.265 e. The number of ether oxygens (including phenoxy) is 1. The van der Waals surface area contributed by atoms with E-state index in [0.29, 0.717) is 16.3 Å². The average Bonchev–Trinajstić information content (AvgIpc) is 3.14. The predicted molar refractivity (Wildman–Crippen MR) is 83.7 cm³/mol. The Balaban J connectivity index is 2.26. The van der Waals surface area contributed by atoms with Crippen LogP contribution < -0.4 is 15.8 Å². The first-order valence-corrected chi connectivity index (χ1v) is 7.76. The molecule has 6 heteroatoms. The molecular formula is C14H23N3O2S. The number of carbonyl (C=O) groups is 1. The topological polar surface area (TPSA) is 67.6 Å². The summed E-state index contributed by atoms with van der Waals surface area (Å²) in [5.74, 6) is 1.29. The lowest BCUT2D eigenvalue weighted by Gasteiger charge is -2.13. The quantitative estimate of drug-likeness (QED) is 0.847. The molecule has 0 aromatic carbocycles. The number of amides is 1. The molecule has 1 aromatic rings. The summed E-state index contributed by atoms with van der Waals surface area (Å²) in [6.07, 6.45) is 2.57. The van der Waals surface area contributed by atoms with Crippen molar-refractivity contribution in [3.05, 3.63) is 4.88 Å². The first-order chi connectivity index (χ1) is 9.40. The summed E-state index contributed by atoms with van der Waals surface area (Å²) in [7, 11) is 3.45. The molecule has 1 saturated carbocycles. The van der Waals surface area contributed by atoms with Gasteiger partial charge in [0, 0.05) is 20.6 Å². The van der Waals surface area contributed by atoms with Crippen LogP contribution in [0.4, 0.5) is 10.7 Å². The van der Waals surface area contributed by atoms with Crippen molar-refractivity contribution in [1.29, 1.82) is 0 Å². The summed E-state index contributed by atoms with van der Waals surface area (Å²) in [6, 6.07) is 0. The van der Waals surface area contributed by atoms with Crippen molar-refractivity contribution in [3.63, 3.8) is 0 Å². The Morgan fingerprint density at radius 2 is 2.15 bits per heavy atom. The molecule has 0 spiro atoms. The molecule has 2 rings (SSSR count). The highest BCUT2D eigenvalue weighted by molar-refractivity contribution is 7.19. The molecule has 20 heavy (non-hydrogen) atoms. The van der Waals surface area contributed by atoms with Crippen molar-refractivity contribution >= 4 is 27.9 Å². The van der Waals surface area contributed by atoms with Gasteiger partial charge in [0.05, 0.1) is 6.10 Å². The van der Waals surface area contributed by atoms with Crippen LogP contribution in [0.1, 0.15) is 36.4 Å². The highest BCUT2D eigenvalue weighted by Gasteiger charge is 2.26. The highest BCUT2D eigenvalue weighted by atomic mass is 32.1. The molecule has 1 amide bonds. The molecule has 1 aliphatic carbocycles. The zero-order valence-electron chi connectivity index (χ0n) is 12.5. The molecule has 0 unspecified atom stereocenters. The van der Waals surface area contributed by atoms with Crippen LogP contribution in [0.5, 0.6) is 5.75 Å². The van der Waals surface area contributed by atoms with Gasteiger partial charge in [-0.1, -0.05) is 0 Å². The van der Waals surface area contributed by atoms with E-state index in [0.717, 1.165) is 17.5 Å². The smallest absolute Gasteiger partial charge is 0.265 e. The zero-order chi connectivity index (χ0) is 14.9. The summed E-state index contributed by atoms with van der Waals surface area (Å²) in [5.41, 5.74) is 6.56. The van der Waals surface area contributed by atoms with Gasteiger partial charge < -0.3 is 20.7 Å². The van der Waals surface area contributed by atoms with Crippen molar-refractivity contribution in [1.82, 2.24) is 4.90 Å². The molecule has 1 aliphatic rings. The Labute approximate surface area is 124 Å². The number of nitrogen functional groups attached to an aromatic ring is 1. The number of rotatable bonds is 6. The van der Waals surface area contributed by atoms with Crippen LogP contribution >= 0.6 is 11.3 Å². The molecule has 0 saturated heterocycles. The standard InChI is InChI=1S/C14H23N3O2S/c1-8(2)19-11-10(15)12(14(18)17(3)4)20-13(11)16-7-9-5-6-9/h8-9,16H,5-7,15H2,1-4H3. The molecule has 1 fully saturated rings. The molecule has 3 N–H and O–H groups in total. The Kier molecular flexibility index (Phi) is 4.42. The summed E-state index contributed by atoms with van der Waals surface area (Å²) in [6.45, 7) is 4.83. The van der Waals surface area contributed by atoms with Crippen LogP contribution in [0.2, 0.25) is 0 Å². The van der Waals surface area contributed by atoms with E-state index in [-0.39, 0.29) is 12.0 Å². The van der Waals surface area contributed by atoms with Gasteiger partial charge in [0.15, 0.2) is 5.75 Å². The molecule has 112 valence electrons. The van der Waals surface area contributed by atoms with E-state index in [1.54, 1.807) is 14.1 Å². The van der Waals surface area contributed by atoms with Gasteiger partial charge in [-0.15, -0.1) is 11.3 Å². The summed E-state index contributed by atoms with van der Waals surface area (Å²) < 4.78 is 5.79. The maximum atomic E-state index is 12.1. The van der Waals surface area contributed by atoms with Crippen LogP contribution in [-0.4, -0.2) is 37.6 Å². The number of thiophene rings is 1. The van der Waals surface area contributed by atoms with Gasteiger partial charge >= 0.3 is 0 Å². The molecule has 1 heterocycles. The SMILES string of the molecule is CC(C)Oc1c(NCC2CC2)sc(C(=O)N(C)C)c1N. The minimum absolute atomic E-state index is 0.0238. The number of carbonyl (C=O) groups excluding carboxylic acids is 1. The van der Waals surface area contributed by atoms with E-state index in [1.165, 1.54) is 29.1 Å². The van der Waals surface area contributed by atoms with Gasteiger partial charge in [-0.3, -0.25) is 4.79 Å². The third kappa shape index (κ3) is 3.36. The van der Waals surface area contributed by atoms with Crippen LogP contribution in [0.15, 0.2) is 0 Å². The van der Waals surface area contributed by atoms with E-state index >= 15 is 0 Å². The number of hydrogen-bond acceptors (Lipinski definition) is 5. The number of nitrogens with two attached hydrogens (primary N) is 1. The lowest BCUT2D eigenvalue weighted by atomic mass is 10.3. The predicted octanol–water partition coefficient (Wildman–Crippen LogP) is 2.64. The minimum Gasteiger partial charge on any atom is -0.486 e. The molecule has 0 radical (unpaired) electrons. The zero-order valence-corrected chi connectivity index (χ0v) is 13.3. The Morgan fingerprint density at radius 3 is 2.65 bits per heavy atom. The highest BCUT2D eigenvalue weighted by Crippen LogP contribution is 2.44. The van der Waals surface area contributed by atoms with Gasteiger partial charge in [0.2, 0.25) is 0 Å². The second-order valence-corrected chi connectivity index (χ2v) is 6.71. The van der Waals surface area contributed by atoms with Crippen LogP contribution in [0.25, 0.3) is 0 Å². The van der Waals surface area contributed by atoms with Crippen molar-refractivity contribution in [2.24, 2.45) is 5.92 Å². The lowest BCUT2D eigenvalue weighted by Crippen LogP contribution is -2.21. The lowest BCUT2D eigenvalue weighted by molar-refractivity contribution is 0.0833. The van der Waals surface area contributed by atoms with Crippen LogP contribution in [0, 0.1) is 5.92 Å². The number of nitrogens with zero attached hydrogens (tertiary/aromatic N) is 1. The largest absolute Gasteiger partial charge is 0.486 e. The minimum atomic E-state index is -0.0828. The summed E-state index contributed by atoms with van der Waals surface area (Å²) in [5, 5.41) is 4.25. The second-order valence-electron chi connectivity index (χ2n) is 5.69. The molecule has 0 bridgehead atoms. The van der Waals surface area contributed by atoms with Gasteiger partial charge in [-0.25, -0.2) is 0 Å². The molecule has 0 aliphatic heterocycles. The summed E-state index contributed by atoms with van der Waals surface area (Å²) in [4.78, 5) is 14.2. The third-order valence-corrected chi connectivity index (χ3v) is 4.23. The third-order valence-electron chi connectivity index (χ3n) is 3.10. The van der Waals surface area contributed by atoms with E-state index in [1.807, 2.05) is 13.8 Å². The second kappa shape index (κ2) is 5.91. The van der Waals surface area contributed by atoms with Gasteiger partial charge in [-0.05, 0) is 32.6 Å². The Hall–Kier alpha value is -1.43.